The Morgan fingerprint density at radius 1 is 1.11 bits per heavy atom. The lowest BCUT2D eigenvalue weighted by atomic mass is 9.97. The summed E-state index contributed by atoms with van der Waals surface area (Å²) in [6.45, 7) is 3.59. The van der Waals surface area contributed by atoms with Gasteiger partial charge in [-0.1, -0.05) is 53.7 Å². The summed E-state index contributed by atoms with van der Waals surface area (Å²) in [4.78, 5) is 2.96. The van der Waals surface area contributed by atoms with E-state index in [1.165, 1.54) is 0 Å². The van der Waals surface area contributed by atoms with Crippen LogP contribution in [0.1, 0.15) is 25.0 Å². The Kier molecular flexibility index (Phi) is 5.90. The molecule has 1 aliphatic heterocycles. The average molecular weight is 381 g/mol. The summed E-state index contributed by atoms with van der Waals surface area (Å²) in [5, 5.41) is 23.9. The molecule has 0 unspecified atom stereocenters. The SMILES string of the molecule is CC1(C)O[C@@H]([C@@H](Cc2ccccc2O)N=[N+]=[N-])[C@H](/C=C/c2ccccc2O)O1. The van der Waals surface area contributed by atoms with Crippen LogP contribution in [-0.4, -0.2) is 34.2 Å². The number of aromatic hydroxyl groups is 2. The Hall–Kier alpha value is -2.99. The van der Waals surface area contributed by atoms with Gasteiger partial charge in [-0.05, 0) is 43.5 Å². The highest BCUT2D eigenvalue weighted by molar-refractivity contribution is 5.57. The molecular weight excluding hydrogens is 358 g/mol. The van der Waals surface area contributed by atoms with Crippen molar-refractivity contribution in [3.05, 3.63) is 76.2 Å². The number of phenols is 2. The van der Waals surface area contributed by atoms with E-state index in [9.17, 15) is 10.2 Å². The van der Waals surface area contributed by atoms with Gasteiger partial charge in [-0.3, -0.25) is 0 Å². The third-order valence-electron chi connectivity index (χ3n) is 4.57. The van der Waals surface area contributed by atoms with Crippen molar-refractivity contribution in [2.45, 2.75) is 44.3 Å². The van der Waals surface area contributed by atoms with Gasteiger partial charge in [0.1, 0.15) is 17.6 Å². The number of hydrogen-bond acceptors (Lipinski definition) is 5. The van der Waals surface area contributed by atoms with Crippen molar-refractivity contribution < 1.29 is 19.7 Å². The van der Waals surface area contributed by atoms with E-state index in [4.69, 9.17) is 15.0 Å². The molecule has 28 heavy (non-hydrogen) atoms. The Labute approximate surface area is 163 Å². The Morgan fingerprint density at radius 3 is 2.46 bits per heavy atom. The summed E-state index contributed by atoms with van der Waals surface area (Å²) in [5.74, 6) is -0.560. The maximum atomic E-state index is 10.1. The minimum Gasteiger partial charge on any atom is -0.508 e. The molecule has 0 saturated carbocycles. The standard InChI is InChI=1S/C21H23N3O4/c1-21(2)27-19(12-11-14-7-3-5-9-17(14)25)20(28-21)16(23-24-22)13-15-8-4-6-10-18(15)26/h3-12,16,19-20,25-26H,13H2,1-2H3/b12-11+/t16-,19+,20+/m1/s1. The van der Waals surface area contributed by atoms with E-state index in [0.717, 1.165) is 0 Å². The van der Waals surface area contributed by atoms with E-state index in [1.807, 2.05) is 12.1 Å². The smallest absolute Gasteiger partial charge is 0.164 e. The van der Waals surface area contributed by atoms with Crippen molar-refractivity contribution in [1.82, 2.24) is 0 Å². The molecule has 0 radical (unpaired) electrons. The maximum absolute atomic E-state index is 10.1. The van der Waals surface area contributed by atoms with Crippen molar-refractivity contribution in [3.63, 3.8) is 0 Å². The van der Waals surface area contributed by atoms with Crippen molar-refractivity contribution >= 4 is 6.08 Å². The quantitative estimate of drug-likeness (QED) is 0.434. The van der Waals surface area contributed by atoms with E-state index in [2.05, 4.69) is 10.0 Å². The summed E-state index contributed by atoms with van der Waals surface area (Å²) in [7, 11) is 0. The predicted molar refractivity (Wildman–Crippen MR) is 106 cm³/mol. The first-order valence-corrected chi connectivity index (χ1v) is 9.02. The number of ether oxygens (including phenoxy) is 2. The fourth-order valence-electron chi connectivity index (χ4n) is 3.29. The summed E-state index contributed by atoms with van der Waals surface area (Å²) in [6, 6.07) is 13.3. The lowest BCUT2D eigenvalue weighted by Crippen LogP contribution is -2.34. The molecule has 0 aromatic heterocycles. The summed E-state index contributed by atoms with van der Waals surface area (Å²) >= 11 is 0. The normalized spacial score (nSPS) is 22.1. The lowest BCUT2D eigenvalue weighted by molar-refractivity contribution is -0.144. The number of benzene rings is 2. The van der Waals surface area contributed by atoms with Gasteiger partial charge >= 0.3 is 0 Å². The number of azide groups is 1. The first-order chi connectivity index (χ1) is 13.4. The van der Waals surface area contributed by atoms with E-state index in [1.54, 1.807) is 62.4 Å². The fraction of sp³-hybridized carbons (Fsp3) is 0.333. The van der Waals surface area contributed by atoms with Gasteiger partial charge in [0, 0.05) is 10.5 Å². The van der Waals surface area contributed by atoms with Crippen LogP contribution in [-0.2, 0) is 15.9 Å². The molecule has 3 rings (SSSR count). The monoisotopic (exact) mass is 381 g/mol. The number of phenolic OH excluding ortho intramolecular Hbond substituents is 2. The lowest BCUT2D eigenvalue weighted by Gasteiger charge is -2.22. The fourth-order valence-corrected chi connectivity index (χ4v) is 3.29. The molecule has 1 saturated heterocycles. The topological polar surface area (TPSA) is 108 Å². The molecule has 0 amide bonds. The number of para-hydroxylation sites is 2. The van der Waals surface area contributed by atoms with Crippen LogP contribution >= 0.6 is 0 Å². The van der Waals surface area contributed by atoms with Gasteiger partial charge in [0.2, 0.25) is 0 Å². The van der Waals surface area contributed by atoms with Gasteiger partial charge in [-0.25, -0.2) is 0 Å². The van der Waals surface area contributed by atoms with Crippen LogP contribution in [0.5, 0.6) is 11.5 Å². The second kappa shape index (κ2) is 8.35. The molecule has 7 heteroatoms. The second-order valence-electron chi connectivity index (χ2n) is 7.09. The molecule has 7 nitrogen and oxygen atoms in total. The molecule has 1 aliphatic rings. The molecule has 0 bridgehead atoms. The van der Waals surface area contributed by atoms with Crippen molar-refractivity contribution in [2.24, 2.45) is 5.11 Å². The number of nitrogens with zero attached hydrogens (tertiary/aromatic N) is 3. The maximum Gasteiger partial charge on any atom is 0.164 e. The van der Waals surface area contributed by atoms with Crippen LogP contribution in [0.2, 0.25) is 0 Å². The van der Waals surface area contributed by atoms with Crippen molar-refractivity contribution in [2.75, 3.05) is 0 Å². The summed E-state index contributed by atoms with van der Waals surface area (Å²) < 4.78 is 12.0. The number of hydrogen-bond donors (Lipinski definition) is 2. The van der Waals surface area contributed by atoms with Crippen molar-refractivity contribution in [3.8, 4) is 11.5 Å². The van der Waals surface area contributed by atoms with Crippen molar-refractivity contribution in [1.29, 1.82) is 0 Å². The van der Waals surface area contributed by atoms with E-state index >= 15 is 0 Å². The summed E-state index contributed by atoms with van der Waals surface area (Å²) in [6.07, 6.45) is 2.81. The van der Waals surface area contributed by atoms with Gasteiger partial charge in [0.25, 0.3) is 0 Å². The van der Waals surface area contributed by atoms with Crippen LogP contribution in [0.15, 0.2) is 59.7 Å². The second-order valence-corrected chi connectivity index (χ2v) is 7.09. The van der Waals surface area contributed by atoms with Crippen LogP contribution in [0.3, 0.4) is 0 Å². The van der Waals surface area contributed by atoms with Gasteiger partial charge in [0.05, 0.1) is 12.1 Å². The minimum atomic E-state index is -0.861. The van der Waals surface area contributed by atoms with Crippen LogP contribution in [0.4, 0.5) is 0 Å². The first-order valence-electron chi connectivity index (χ1n) is 9.02. The largest absolute Gasteiger partial charge is 0.508 e. The molecule has 0 spiro atoms. The van der Waals surface area contributed by atoms with Gasteiger partial charge in [-0.15, -0.1) is 0 Å². The van der Waals surface area contributed by atoms with Gasteiger partial charge in [-0.2, -0.15) is 0 Å². The summed E-state index contributed by atoms with van der Waals surface area (Å²) in [5.41, 5.74) is 10.4. The van der Waals surface area contributed by atoms with Gasteiger partial charge < -0.3 is 19.7 Å². The first kappa shape index (κ1) is 19.8. The molecule has 2 aromatic rings. The number of rotatable bonds is 6. The highest BCUT2D eigenvalue weighted by Gasteiger charge is 2.43. The van der Waals surface area contributed by atoms with E-state index in [0.29, 0.717) is 17.5 Å². The van der Waals surface area contributed by atoms with Crippen LogP contribution in [0.25, 0.3) is 16.5 Å². The van der Waals surface area contributed by atoms with Crippen LogP contribution < -0.4 is 0 Å². The van der Waals surface area contributed by atoms with Gasteiger partial charge in [0.15, 0.2) is 5.79 Å². The van der Waals surface area contributed by atoms with E-state index in [-0.39, 0.29) is 11.5 Å². The third-order valence-corrected chi connectivity index (χ3v) is 4.57. The zero-order valence-corrected chi connectivity index (χ0v) is 15.8. The highest BCUT2D eigenvalue weighted by atomic mass is 16.8. The third kappa shape index (κ3) is 4.64. The average Bonchev–Trinajstić information content (AvgIpc) is 2.97. The highest BCUT2D eigenvalue weighted by Crippen LogP contribution is 2.34. The molecule has 3 atom stereocenters. The van der Waals surface area contributed by atoms with Crippen LogP contribution in [0, 0.1) is 0 Å². The zero-order chi connectivity index (χ0) is 20.1. The molecule has 2 aromatic carbocycles. The molecule has 146 valence electrons. The molecular formula is C21H23N3O4. The molecule has 2 N–H and O–H groups in total. The van der Waals surface area contributed by atoms with E-state index < -0.39 is 24.0 Å². The zero-order valence-electron chi connectivity index (χ0n) is 15.8. The predicted octanol–water partition coefficient (Wildman–Crippen LogP) is 4.55. The molecule has 1 heterocycles. The molecule has 1 fully saturated rings. The Morgan fingerprint density at radius 2 is 1.79 bits per heavy atom. The minimum absolute atomic E-state index is 0.139. The Balaban J connectivity index is 1.87. The molecule has 0 aliphatic carbocycles. The Bertz CT molecular complexity index is 906.